The van der Waals surface area contributed by atoms with Crippen molar-refractivity contribution in [2.24, 2.45) is 0 Å². The van der Waals surface area contributed by atoms with Crippen LogP contribution in [0, 0.1) is 0 Å². The van der Waals surface area contributed by atoms with E-state index in [1.165, 1.54) is 24.1 Å². The number of halogens is 3. The molecule has 1 saturated heterocycles. The minimum atomic E-state index is -4.46. The van der Waals surface area contributed by atoms with E-state index in [0.29, 0.717) is 26.2 Å². The van der Waals surface area contributed by atoms with E-state index in [9.17, 15) is 22.8 Å². The summed E-state index contributed by atoms with van der Waals surface area (Å²) >= 11 is 0. The van der Waals surface area contributed by atoms with Crippen molar-refractivity contribution in [3.63, 3.8) is 0 Å². The lowest BCUT2D eigenvalue weighted by molar-refractivity contribution is -0.146. The number of carbonyl (C=O) groups is 2. The van der Waals surface area contributed by atoms with Gasteiger partial charge < -0.3 is 15.0 Å². The highest BCUT2D eigenvalue weighted by Gasteiger charge is 2.31. The van der Waals surface area contributed by atoms with Crippen LogP contribution in [0.4, 0.5) is 23.7 Å². The molecule has 2 rings (SSSR count). The van der Waals surface area contributed by atoms with E-state index >= 15 is 0 Å². The normalized spacial score (nSPS) is 17.1. The largest absolute Gasteiger partial charge is 0.468 e. The Morgan fingerprint density at radius 1 is 1.20 bits per heavy atom. The first kappa shape index (κ1) is 19.0. The number of ether oxygens (including phenoxy) is 1. The number of rotatable bonds is 3. The van der Waals surface area contributed by atoms with Crippen LogP contribution in [0.25, 0.3) is 0 Å². The van der Waals surface area contributed by atoms with Gasteiger partial charge in [0, 0.05) is 31.9 Å². The van der Waals surface area contributed by atoms with Crippen molar-refractivity contribution in [3.8, 4) is 0 Å². The average Bonchev–Trinajstić information content (AvgIpc) is 2.60. The minimum absolute atomic E-state index is 0.0881. The van der Waals surface area contributed by atoms with Gasteiger partial charge >= 0.3 is 18.2 Å². The van der Waals surface area contributed by atoms with Crippen LogP contribution in [-0.4, -0.2) is 61.1 Å². The van der Waals surface area contributed by atoms with Gasteiger partial charge in [-0.3, -0.25) is 9.69 Å². The van der Waals surface area contributed by atoms with Crippen LogP contribution in [0.2, 0.25) is 0 Å². The number of carbonyl (C=O) groups excluding carboxylic acids is 2. The van der Waals surface area contributed by atoms with Crippen LogP contribution in [0.15, 0.2) is 24.3 Å². The maximum absolute atomic E-state index is 12.7. The third kappa shape index (κ3) is 4.85. The second-order valence-corrected chi connectivity index (χ2v) is 5.73. The van der Waals surface area contributed by atoms with Crippen molar-refractivity contribution < 1.29 is 27.5 Å². The van der Waals surface area contributed by atoms with Crippen LogP contribution in [-0.2, 0) is 15.7 Å². The summed E-state index contributed by atoms with van der Waals surface area (Å²) in [6.45, 7) is 3.42. The predicted molar refractivity (Wildman–Crippen MR) is 85.1 cm³/mol. The summed E-state index contributed by atoms with van der Waals surface area (Å²) in [5, 5.41) is 2.48. The number of hydrogen-bond acceptors (Lipinski definition) is 4. The summed E-state index contributed by atoms with van der Waals surface area (Å²) in [7, 11) is 1.32. The molecule has 1 aliphatic heterocycles. The lowest BCUT2D eigenvalue weighted by Crippen LogP contribution is -2.54. The molecule has 1 aliphatic rings. The fourth-order valence-corrected chi connectivity index (χ4v) is 2.61. The number of amides is 2. The first-order chi connectivity index (χ1) is 11.7. The number of esters is 1. The molecule has 1 fully saturated rings. The number of piperazine rings is 1. The van der Waals surface area contributed by atoms with Gasteiger partial charge in [-0.25, -0.2) is 4.79 Å². The van der Waals surface area contributed by atoms with Crippen LogP contribution in [0.3, 0.4) is 0 Å². The Kier molecular flexibility index (Phi) is 5.89. The number of benzene rings is 1. The summed E-state index contributed by atoms with van der Waals surface area (Å²) in [4.78, 5) is 27.1. The topological polar surface area (TPSA) is 61.9 Å². The number of alkyl halides is 3. The fraction of sp³-hybridized carbons (Fsp3) is 0.500. The molecular formula is C16H20F3N3O3. The van der Waals surface area contributed by atoms with E-state index in [1.807, 2.05) is 4.90 Å². The molecule has 0 radical (unpaired) electrons. The summed E-state index contributed by atoms with van der Waals surface area (Å²) in [6.07, 6.45) is -4.46. The molecule has 6 nitrogen and oxygen atoms in total. The van der Waals surface area contributed by atoms with Crippen molar-refractivity contribution in [2.45, 2.75) is 19.1 Å². The monoisotopic (exact) mass is 359 g/mol. The number of urea groups is 1. The highest BCUT2D eigenvalue weighted by atomic mass is 19.4. The molecule has 0 unspecified atom stereocenters. The Hall–Kier alpha value is -2.29. The Morgan fingerprint density at radius 3 is 2.40 bits per heavy atom. The average molecular weight is 359 g/mol. The van der Waals surface area contributed by atoms with E-state index in [0.717, 1.165) is 12.1 Å². The van der Waals surface area contributed by atoms with E-state index in [4.69, 9.17) is 4.74 Å². The van der Waals surface area contributed by atoms with Gasteiger partial charge in [-0.1, -0.05) is 6.07 Å². The second kappa shape index (κ2) is 7.73. The van der Waals surface area contributed by atoms with Gasteiger partial charge in [0.1, 0.15) is 6.04 Å². The highest BCUT2D eigenvalue weighted by Crippen LogP contribution is 2.30. The van der Waals surface area contributed by atoms with Gasteiger partial charge in [0.2, 0.25) is 0 Å². The van der Waals surface area contributed by atoms with Crippen LogP contribution in [0.1, 0.15) is 12.5 Å². The molecule has 0 aromatic heterocycles. The second-order valence-electron chi connectivity index (χ2n) is 5.73. The van der Waals surface area contributed by atoms with Gasteiger partial charge in [0.05, 0.1) is 12.7 Å². The number of anilines is 1. The minimum Gasteiger partial charge on any atom is -0.468 e. The van der Waals surface area contributed by atoms with Crippen molar-refractivity contribution >= 4 is 17.7 Å². The number of hydrogen-bond donors (Lipinski definition) is 1. The van der Waals surface area contributed by atoms with Crippen LogP contribution >= 0.6 is 0 Å². The molecule has 25 heavy (non-hydrogen) atoms. The Bertz CT molecular complexity index is 629. The highest BCUT2D eigenvalue weighted by molar-refractivity contribution is 5.89. The first-order valence-electron chi connectivity index (χ1n) is 7.77. The molecule has 1 heterocycles. The third-order valence-electron chi connectivity index (χ3n) is 4.13. The SMILES string of the molecule is COC(=O)[C@H](C)N1CCN(C(=O)Nc2cccc(C(F)(F)F)c2)CC1. The quantitative estimate of drug-likeness (QED) is 0.842. The summed E-state index contributed by atoms with van der Waals surface area (Å²) in [6, 6.07) is 3.62. The molecule has 1 N–H and O–H groups in total. The van der Waals surface area contributed by atoms with Crippen molar-refractivity contribution in [1.82, 2.24) is 9.80 Å². The van der Waals surface area contributed by atoms with E-state index < -0.39 is 23.8 Å². The Balaban J connectivity index is 1.92. The lowest BCUT2D eigenvalue weighted by atomic mass is 10.2. The van der Waals surface area contributed by atoms with E-state index in [-0.39, 0.29) is 11.7 Å². The van der Waals surface area contributed by atoms with Gasteiger partial charge in [0.15, 0.2) is 0 Å². The third-order valence-corrected chi connectivity index (χ3v) is 4.13. The van der Waals surface area contributed by atoms with Crippen molar-refractivity contribution in [2.75, 3.05) is 38.6 Å². The molecular weight excluding hydrogens is 339 g/mol. The Morgan fingerprint density at radius 2 is 1.84 bits per heavy atom. The molecule has 9 heteroatoms. The first-order valence-corrected chi connectivity index (χ1v) is 7.77. The number of nitrogens with zero attached hydrogens (tertiary/aromatic N) is 2. The van der Waals surface area contributed by atoms with Crippen molar-refractivity contribution in [1.29, 1.82) is 0 Å². The summed E-state index contributed by atoms with van der Waals surface area (Å²) in [5.74, 6) is -0.345. The fourth-order valence-electron chi connectivity index (χ4n) is 2.61. The van der Waals surface area contributed by atoms with Crippen LogP contribution < -0.4 is 5.32 Å². The van der Waals surface area contributed by atoms with Gasteiger partial charge in [0.25, 0.3) is 0 Å². The maximum atomic E-state index is 12.7. The summed E-state index contributed by atoms with van der Waals surface area (Å²) < 4.78 is 42.8. The smallest absolute Gasteiger partial charge is 0.416 e. The molecule has 0 bridgehead atoms. The zero-order valence-corrected chi connectivity index (χ0v) is 14.0. The molecule has 138 valence electrons. The van der Waals surface area contributed by atoms with E-state index in [1.54, 1.807) is 6.92 Å². The zero-order chi connectivity index (χ0) is 18.6. The molecule has 0 spiro atoms. The zero-order valence-electron chi connectivity index (χ0n) is 14.0. The maximum Gasteiger partial charge on any atom is 0.416 e. The summed E-state index contributed by atoms with van der Waals surface area (Å²) in [5.41, 5.74) is -0.729. The molecule has 1 aromatic rings. The van der Waals surface area contributed by atoms with Gasteiger partial charge in [-0.05, 0) is 25.1 Å². The molecule has 2 amide bonds. The van der Waals surface area contributed by atoms with Gasteiger partial charge in [-0.2, -0.15) is 13.2 Å². The lowest BCUT2D eigenvalue weighted by Gasteiger charge is -2.36. The predicted octanol–water partition coefficient (Wildman–Crippen LogP) is 2.42. The molecule has 0 saturated carbocycles. The van der Waals surface area contributed by atoms with E-state index in [2.05, 4.69) is 5.32 Å². The molecule has 1 atom stereocenters. The Labute approximate surface area is 143 Å². The van der Waals surface area contributed by atoms with Crippen LogP contribution in [0.5, 0.6) is 0 Å². The molecule has 0 aliphatic carbocycles. The van der Waals surface area contributed by atoms with Crippen molar-refractivity contribution in [3.05, 3.63) is 29.8 Å². The van der Waals surface area contributed by atoms with Gasteiger partial charge in [-0.15, -0.1) is 0 Å². The number of nitrogens with one attached hydrogen (secondary N) is 1. The number of methoxy groups -OCH3 is 1. The standard InChI is InChI=1S/C16H20F3N3O3/c1-11(14(23)25-2)21-6-8-22(9-7-21)15(24)20-13-5-3-4-12(10-13)16(17,18)19/h3-5,10-11H,6-9H2,1-2H3,(H,20,24)/t11-/m0/s1. The molecule has 1 aromatic carbocycles.